The average molecular weight is 465 g/mol. The van der Waals surface area contributed by atoms with Crippen LogP contribution >= 0.6 is 23.4 Å². The third kappa shape index (κ3) is 5.30. The summed E-state index contributed by atoms with van der Waals surface area (Å²) in [4.78, 5) is 12.5. The van der Waals surface area contributed by atoms with Crippen molar-refractivity contribution in [1.82, 2.24) is 14.8 Å². The first-order valence-electron chi connectivity index (χ1n) is 10.1. The fraction of sp³-hybridized carbons (Fsp3) is 0.125. The van der Waals surface area contributed by atoms with Crippen LogP contribution in [0.1, 0.15) is 6.92 Å². The number of aromatic nitrogens is 3. The lowest BCUT2D eigenvalue weighted by Crippen LogP contribution is -2.14. The van der Waals surface area contributed by atoms with Gasteiger partial charge in [0, 0.05) is 22.0 Å². The molecule has 1 N–H and O–H groups in total. The molecule has 0 aliphatic heterocycles. The number of amides is 1. The van der Waals surface area contributed by atoms with E-state index in [-0.39, 0.29) is 11.7 Å². The maximum atomic E-state index is 12.5. The normalized spacial score (nSPS) is 10.7. The molecule has 6 nitrogen and oxygen atoms in total. The molecular weight excluding hydrogens is 444 g/mol. The van der Waals surface area contributed by atoms with Crippen molar-refractivity contribution in [1.29, 1.82) is 0 Å². The van der Waals surface area contributed by atoms with Crippen LogP contribution in [-0.2, 0) is 4.79 Å². The lowest BCUT2D eigenvalue weighted by molar-refractivity contribution is -0.113. The molecule has 0 radical (unpaired) electrons. The van der Waals surface area contributed by atoms with Crippen molar-refractivity contribution >= 4 is 35.0 Å². The van der Waals surface area contributed by atoms with E-state index < -0.39 is 0 Å². The Hall–Kier alpha value is -3.29. The van der Waals surface area contributed by atoms with E-state index in [1.165, 1.54) is 11.8 Å². The van der Waals surface area contributed by atoms with Gasteiger partial charge in [-0.25, -0.2) is 0 Å². The number of nitrogens with one attached hydrogen (secondary N) is 1. The SMILES string of the molecule is CCOc1ccc(NC(=O)CSc2nnc(-c3ccccc3)n2-c2ccc(Cl)cc2)cc1. The van der Waals surface area contributed by atoms with Gasteiger partial charge in [-0.15, -0.1) is 10.2 Å². The summed E-state index contributed by atoms with van der Waals surface area (Å²) in [5.41, 5.74) is 2.51. The fourth-order valence-corrected chi connectivity index (χ4v) is 3.97. The van der Waals surface area contributed by atoms with Gasteiger partial charge in [0.1, 0.15) is 5.75 Å². The second-order valence-electron chi connectivity index (χ2n) is 6.78. The second-order valence-corrected chi connectivity index (χ2v) is 8.16. The first kappa shape index (κ1) is 21.9. The van der Waals surface area contributed by atoms with Crippen LogP contribution in [0.4, 0.5) is 5.69 Å². The Bertz CT molecular complexity index is 1180. The summed E-state index contributed by atoms with van der Waals surface area (Å²) in [7, 11) is 0. The lowest BCUT2D eigenvalue weighted by Gasteiger charge is -2.11. The highest BCUT2D eigenvalue weighted by Crippen LogP contribution is 2.28. The van der Waals surface area contributed by atoms with Crippen molar-refractivity contribution in [2.75, 3.05) is 17.7 Å². The highest BCUT2D eigenvalue weighted by Gasteiger charge is 2.17. The molecule has 1 amide bonds. The van der Waals surface area contributed by atoms with Crippen LogP contribution < -0.4 is 10.1 Å². The van der Waals surface area contributed by atoms with Crippen molar-refractivity contribution < 1.29 is 9.53 Å². The van der Waals surface area contributed by atoms with Gasteiger partial charge in [-0.05, 0) is 55.5 Å². The van der Waals surface area contributed by atoms with E-state index in [1.807, 2.05) is 90.4 Å². The van der Waals surface area contributed by atoms with Crippen LogP contribution in [0.2, 0.25) is 5.02 Å². The largest absolute Gasteiger partial charge is 0.494 e. The summed E-state index contributed by atoms with van der Waals surface area (Å²) in [5, 5.41) is 12.9. The molecule has 1 aromatic heterocycles. The monoisotopic (exact) mass is 464 g/mol. The van der Waals surface area contributed by atoms with Crippen molar-refractivity contribution in [2.45, 2.75) is 12.1 Å². The van der Waals surface area contributed by atoms with Gasteiger partial charge in [-0.1, -0.05) is 53.7 Å². The number of carbonyl (C=O) groups is 1. The average Bonchev–Trinajstić information content (AvgIpc) is 3.24. The molecule has 0 unspecified atom stereocenters. The van der Waals surface area contributed by atoms with Crippen LogP contribution in [0, 0.1) is 0 Å². The zero-order chi connectivity index (χ0) is 22.3. The number of halogens is 1. The summed E-state index contributed by atoms with van der Waals surface area (Å²) in [6.45, 7) is 2.53. The maximum Gasteiger partial charge on any atom is 0.234 e. The Kier molecular flexibility index (Phi) is 7.09. The Morgan fingerprint density at radius 2 is 1.72 bits per heavy atom. The topological polar surface area (TPSA) is 69.0 Å². The van der Waals surface area contributed by atoms with Gasteiger partial charge in [0.15, 0.2) is 11.0 Å². The van der Waals surface area contributed by atoms with Crippen molar-refractivity contribution in [3.63, 3.8) is 0 Å². The van der Waals surface area contributed by atoms with Crippen molar-refractivity contribution in [2.24, 2.45) is 0 Å². The number of ether oxygens (including phenoxy) is 1. The minimum atomic E-state index is -0.133. The number of hydrogen-bond acceptors (Lipinski definition) is 5. The van der Waals surface area contributed by atoms with Gasteiger partial charge in [0.25, 0.3) is 0 Å². The van der Waals surface area contributed by atoms with Crippen LogP contribution in [0.15, 0.2) is 84.0 Å². The van der Waals surface area contributed by atoms with Crippen LogP contribution in [0.5, 0.6) is 5.75 Å². The molecule has 0 aliphatic rings. The predicted octanol–water partition coefficient (Wildman–Crippen LogP) is 5.72. The van der Waals surface area contributed by atoms with E-state index in [0.717, 1.165) is 17.0 Å². The standard InChI is InChI=1S/C24H21ClN4O2S/c1-2-31-21-14-10-19(11-15-21)26-22(30)16-32-24-28-27-23(17-6-4-3-5-7-17)29(24)20-12-8-18(25)9-13-20/h3-15H,2,16H2,1H3,(H,26,30). The molecule has 1 heterocycles. The summed E-state index contributed by atoms with van der Waals surface area (Å²) < 4.78 is 7.36. The van der Waals surface area contributed by atoms with Crippen molar-refractivity contribution in [3.8, 4) is 22.8 Å². The summed E-state index contributed by atoms with van der Waals surface area (Å²) in [6.07, 6.45) is 0. The van der Waals surface area contributed by atoms with Crippen LogP contribution in [-0.4, -0.2) is 33.0 Å². The Balaban J connectivity index is 1.52. The molecule has 3 aromatic carbocycles. The molecule has 162 valence electrons. The molecule has 4 aromatic rings. The summed E-state index contributed by atoms with van der Waals surface area (Å²) >= 11 is 7.39. The molecule has 0 spiro atoms. The maximum absolute atomic E-state index is 12.5. The zero-order valence-electron chi connectivity index (χ0n) is 17.4. The Labute approximate surface area is 195 Å². The Morgan fingerprint density at radius 3 is 2.41 bits per heavy atom. The molecule has 4 rings (SSSR count). The predicted molar refractivity (Wildman–Crippen MR) is 129 cm³/mol. The number of benzene rings is 3. The number of rotatable bonds is 8. The minimum absolute atomic E-state index is 0.133. The minimum Gasteiger partial charge on any atom is -0.494 e. The van der Waals surface area contributed by atoms with Gasteiger partial charge in [-0.3, -0.25) is 9.36 Å². The number of nitrogens with zero attached hydrogens (tertiary/aromatic N) is 3. The zero-order valence-corrected chi connectivity index (χ0v) is 18.9. The fourth-order valence-electron chi connectivity index (χ4n) is 3.09. The lowest BCUT2D eigenvalue weighted by atomic mass is 10.2. The highest BCUT2D eigenvalue weighted by atomic mass is 35.5. The quantitative estimate of drug-likeness (QED) is 0.338. The van der Waals surface area contributed by atoms with Gasteiger partial charge in [0.2, 0.25) is 5.91 Å². The summed E-state index contributed by atoms with van der Waals surface area (Å²) in [6, 6.07) is 24.5. The van der Waals surface area contributed by atoms with Crippen molar-refractivity contribution in [3.05, 3.63) is 83.9 Å². The first-order valence-corrected chi connectivity index (χ1v) is 11.4. The molecule has 0 atom stereocenters. The smallest absolute Gasteiger partial charge is 0.234 e. The van der Waals surface area contributed by atoms with Gasteiger partial charge >= 0.3 is 0 Å². The molecule has 0 bridgehead atoms. The van der Waals surface area contributed by atoms with Crippen LogP contribution in [0.3, 0.4) is 0 Å². The molecule has 0 fully saturated rings. The van der Waals surface area contributed by atoms with Gasteiger partial charge in [0.05, 0.1) is 12.4 Å². The second kappa shape index (κ2) is 10.3. The van der Waals surface area contributed by atoms with Crippen LogP contribution in [0.25, 0.3) is 17.1 Å². The molecule has 8 heteroatoms. The third-order valence-corrected chi connectivity index (χ3v) is 5.71. The number of anilines is 1. The number of thioether (sulfide) groups is 1. The van der Waals surface area contributed by atoms with E-state index in [0.29, 0.717) is 28.3 Å². The van der Waals surface area contributed by atoms with E-state index in [1.54, 1.807) is 0 Å². The van der Waals surface area contributed by atoms with Gasteiger partial charge in [-0.2, -0.15) is 0 Å². The van der Waals surface area contributed by atoms with E-state index >= 15 is 0 Å². The number of hydrogen-bond donors (Lipinski definition) is 1. The van der Waals surface area contributed by atoms with E-state index in [9.17, 15) is 4.79 Å². The van der Waals surface area contributed by atoms with Gasteiger partial charge < -0.3 is 10.1 Å². The molecule has 32 heavy (non-hydrogen) atoms. The molecule has 0 aliphatic carbocycles. The Morgan fingerprint density at radius 1 is 1.00 bits per heavy atom. The highest BCUT2D eigenvalue weighted by molar-refractivity contribution is 7.99. The summed E-state index contributed by atoms with van der Waals surface area (Å²) in [5.74, 6) is 1.52. The molecule has 0 saturated carbocycles. The number of carbonyl (C=O) groups excluding carboxylic acids is 1. The molecular formula is C24H21ClN4O2S. The van der Waals surface area contributed by atoms with E-state index in [2.05, 4.69) is 15.5 Å². The first-order chi connectivity index (χ1) is 15.6. The molecule has 0 saturated heterocycles. The van der Waals surface area contributed by atoms with E-state index in [4.69, 9.17) is 16.3 Å². The third-order valence-electron chi connectivity index (χ3n) is 4.53.